The second-order valence-corrected chi connectivity index (χ2v) is 5.93. The van der Waals surface area contributed by atoms with Gasteiger partial charge in [-0.2, -0.15) is 0 Å². The molecule has 1 spiro atoms. The van der Waals surface area contributed by atoms with Crippen molar-refractivity contribution in [3.8, 4) is 0 Å². The van der Waals surface area contributed by atoms with Crippen molar-refractivity contribution in [3.63, 3.8) is 0 Å². The van der Waals surface area contributed by atoms with Crippen LogP contribution in [0, 0.1) is 0 Å². The predicted octanol–water partition coefficient (Wildman–Crippen LogP) is 1.49. The zero-order valence-electron chi connectivity index (χ0n) is 11.1. The lowest BCUT2D eigenvalue weighted by atomic mass is 9.83. The molecular weight excluding hydrogens is 240 g/mol. The Hall–Kier alpha value is -1.10. The van der Waals surface area contributed by atoms with Gasteiger partial charge in [-0.25, -0.2) is 0 Å². The molecule has 0 aromatic heterocycles. The summed E-state index contributed by atoms with van der Waals surface area (Å²) in [6, 6.07) is 6.84. The van der Waals surface area contributed by atoms with E-state index in [1.165, 1.54) is 11.1 Å². The van der Waals surface area contributed by atoms with Gasteiger partial charge in [-0.05, 0) is 36.1 Å². The molecule has 4 nitrogen and oxygen atoms in total. The number of fused-ring (bicyclic) bond motifs is 2. The van der Waals surface area contributed by atoms with Crippen LogP contribution in [0.4, 0.5) is 5.69 Å². The summed E-state index contributed by atoms with van der Waals surface area (Å²) in [6.45, 7) is 4.74. The quantitative estimate of drug-likeness (QED) is 0.777. The summed E-state index contributed by atoms with van der Waals surface area (Å²) in [7, 11) is 0. The summed E-state index contributed by atoms with van der Waals surface area (Å²) in [5, 5.41) is 0. The van der Waals surface area contributed by atoms with Crippen LogP contribution >= 0.6 is 0 Å². The summed E-state index contributed by atoms with van der Waals surface area (Å²) >= 11 is 0. The molecular formula is C15H20N2O2. The van der Waals surface area contributed by atoms with Crippen molar-refractivity contribution >= 4 is 5.69 Å². The molecule has 4 heteroatoms. The van der Waals surface area contributed by atoms with Gasteiger partial charge < -0.3 is 15.2 Å². The highest BCUT2D eigenvalue weighted by atomic mass is 16.5. The number of hydrogen-bond donors (Lipinski definition) is 1. The van der Waals surface area contributed by atoms with Crippen LogP contribution in [0.1, 0.15) is 24.0 Å². The first-order chi connectivity index (χ1) is 9.27. The summed E-state index contributed by atoms with van der Waals surface area (Å²) in [4.78, 5) is 2.54. The van der Waals surface area contributed by atoms with E-state index in [1.54, 1.807) is 0 Å². The second kappa shape index (κ2) is 4.20. The average molecular weight is 260 g/mol. The highest BCUT2D eigenvalue weighted by Gasteiger charge is 2.44. The SMILES string of the molecule is Nc1ccc2c(c1)C1(CCN(C3COC3)CC1)OC2. The predicted molar refractivity (Wildman–Crippen MR) is 72.7 cm³/mol. The number of nitrogen functional groups attached to an aromatic ring is 1. The highest BCUT2D eigenvalue weighted by Crippen LogP contribution is 2.45. The van der Waals surface area contributed by atoms with Crippen LogP contribution in [0.25, 0.3) is 0 Å². The van der Waals surface area contributed by atoms with E-state index < -0.39 is 0 Å². The zero-order valence-corrected chi connectivity index (χ0v) is 11.1. The summed E-state index contributed by atoms with van der Waals surface area (Å²) in [6.07, 6.45) is 2.14. The lowest BCUT2D eigenvalue weighted by Gasteiger charge is -2.45. The van der Waals surface area contributed by atoms with Gasteiger partial charge in [-0.1, -0.05) is 6.07 Å². The smallest absolute Gasteiger partial charge is 0.0964 e. The van der Waals surface area contributed by atoms with Crippen molar-refractivity contribution in [2.24, 2.45) is 0 Å². The number of rotatable bonds is 1. The molecule has 3 aliphatic rings. The van der Waals surface area contributed by atoms with Crippen LogP contribution in [-0.4, -0.2) is 37.2 Å². The molecule has 4 rings (SSSR count). The molecule has 0 atom stereocenters. The summed E-state index contributed by atoms with van der Waals surface area (Å²) < 4.78 is 11.5. The monoisotopic (exact) mass is 260 g/mol. The van der Waals surface area contributed by atoms with Crippen LogP contribution in [-0.2, 0) is 21.7 Å². The third kappa shape index (κ3) is 1.78. The Morgan fingerprint density at radius 2 is 2.00 bits per heavy atom. The first-order valence-electron chi connectivity index (χ1n) is 7.11. The Labute approximate surface area is 113 Å². The van der Waals surface area contributed by atoms with Gasteiger partial charge in [-0.3, -0.25) is 4.90 Å². The molecule has 2 fully saturated rings. The largest absolute Gasteiger partial charge is 0.399 e. The lowest BCUT2D eigenvalue weighted by molar-refractivity contribution is -0.119. The van der Waals surface area contributed by atoms with E-state index in [2.05, 4.69) is 17.0 Å². The van der Waals surface area contributed by atoms with Crippen molar-refractivity contribution in [1.82, 2.24) is 4.90 Å². The Bertz CT molecular complexity index is 491. The molecule has 0 radical (unpaired) electrons. The number of ether oxygens (including phenoxy) is 2. The van der Waals surface area contributed by atoms with E-state index >= 15 is 0 Å². The van der Waals surface area contributed by atoms with Crippen LogP contribution < -0.4 is 5.73 Å². The van der Waals surface area contributed by atoms with Gasteiger partial charge in [0.05, 0.1) is 31.5 Å². The molecule has 0 amide bonds. The number of piperidine rings is 1. The molecule has 1 aromatic carbocycles. The van der Waals surface area contributed by atoms with Crippen LogP contribution in [0.2, 0.25) is 0 Å². The van der Waals surface area contributed by atoms with E-state index in [9.17, 15) is 0 Å². The van der Waals surface area contributed by atoms with Crippen molar-refractivity contribution in [1.29, 1.82) is 0 Å². The third-order valence-electron chi connectivity index (χ3n) is 4.87. The number of benzene rings is 1. The fourth-order valence-electron chi connectivity index (χ4n) is 3.54. The fraction of sp³-hybridized carbons (Fsp3) is 0.600. The van der Waals surface area contributed by atoms with Gasteiger partial charge in [-0.15, -0.1) is 0 Å². The van der Waals surface area contributed by atoms with Gasteiger partial charge in [0, 0.05) is 18.8 Å². The number of nitrogens with two attached hydrogens (primary N) is 1. The number of anilines is 1. The number of hydrogen-bond acceptors (Lipinski definition) is 4. The van der Waals surface area contributed by atoms with Crippen LogP contribution in [0.15, 0.2) is 18.2 Å². The minimum atomic E-state index is -0.0776. The van der Waals surface area contributed by atoms with Gasteiger partial charge in [0.25, 0.3) is 0 Å². The average Bonchev–Trinajstić information content (AvgIpc) is 2.69. The lowest BCUT2D eigenvalue weighted by Crippen LogP contribution is -2.54. The van der Waals surface area contributed by atoms with Gasteiger partial charge in [0.15, 0.2) is 0 Å². The Balaban J connectivity index is 1.56. The molecule has 3 heterocycles. The molecule has 0 bridgehead atoms. The van der Waals surface area contributed by atoms with E-state index in [0.29, 0.717) is 6.04 Å². The number of nitrogens with zero attached hydrogens (tertiary/aromatic N) is 1. The van der Waals surface area contributed by atoms with Crippen LogP contribution in [0.5, 0.6) is 0 Å². The maximum absolute atomic E-state index is 6.17. The van der Waals surface area contributed by atoms with Gasteiger partial charge >= 0.3 is 0 Å². The summed E-state index contributed by atoms with van der Waals surface area (Å²) in [5.41, 5.74) is 9.36. The maximum atomic E-state index is 6.17. The molecule has 19 heavy (non-hydrogen) atoms. The van der Waals surface area contributed by atoms with Crippen LogP contribution in [0.3, 0.4) is 0 Å². The third-order valence-corrected chi connectivity index (χ3v) is 4.87. The van der Waals surface area contributed by atoms with E-state index in [-0.39, 0.29) is 5.60 Å². The van der Waals surface area contributed by atoms with E-state index in [1.807, 2.05) is 6.07 Å². The Morgan fingerprint density at radius 1 is 1.21 bits per heavy atom. The molecule has 2 N–H and O–H groups in total. The van der Waals surface area contributed by atoms with Crippen molar-refractivity contribution in [2.75, 3.05) is 32.0 Å². The molecule has 0 saturated carbocycles. The first-order valence-corrected chi connectivity index (χ1v) is 7.11. The molecule has 102 valence electrons. The van der Waals surface area contributed by atoms with Crippen molar-refractivity contribution in [2.45, 2.75) is 31.1 Å². The van der Waals surface area contributed by atoms with Crippen molar-refractivity contribution < 1.29 is 9.47 Å². The molecule has 0 aliphatic carbocycles. The molecule has 3 aliphatic heterocycles. The minimum absolute atomic E-state index is 0.0776. The second-order valence-electron chi connectivity index (χ2n) is 5.93. The van der Waals surface area contributed by atoms with Crippen molar-refractivity contribution in [3.05, 3.63) is 29.3 Å². The maximum Gasteiger partial charge on any atom is 0.0964 e. The number of likely N-dealkylation sites (tertiary alicyclic amines) is 1. The minimum Gasteiger partial charge on any atom is -0.399 e. The van der Waals surface area contributed by atoms with Gasteiger partial charge in [0.1, 0.15) is 0 Å². The zero-order chi connectivity index (χ0) is 12.9. The standard InChI is InChI=1S/C15H20N2O2/c16-12-2-1-11-8-19-15(14(11)7-12)3-5-17(6-4-15)13-9-18-10-13/h1-2,7,13H,3-6,8-10,16H2. The Kier molecular flexibility index (Phi) is 2.59. The molecule has 0 unspecified atom stereocenters. The molecule has 2 saturated heterocycles. The normalized spacial score (nSPS) is 26.3. The molecule has 1 aromatic rings. The first kappa shape index (κ1) is 11.7. The highest BCUT2D eigenvalue weighted by molar-refractivity contribution is 5.48. The van der Waals surface area contributed by atoms with E-state index in [4.69, 9.17) is 15.2 Å². The Morgan fingerprint density at radius 3 is 2.68 bits per heavy atom. The van der Waals surface area contributed by atoms with E-state index in [0.717, 1.165) is 51.4 Å². The van der Waals surface area contributed by atoms with Gasteiger partial charge in [0.2, 0.25) is 0 Å². The topological polar surface area (TPSA) is 47.7 Å². The fourth-order valence-corrected chi connectivity index (χ4v) is 3.54. The summed E-state index contributed by atoms with van der Waals surface area (Å²) in [5.74, 6) is 0.